The van der Waals surface area contributed by atoms with Crippen LogP contribution < -0.4 is 0 Å². The second-order valence-electron chi connectivity index (χ2n) is 1.35. The van der Waals surface area contributed by atoms with Gasteiger partial charge in [-0.3, -0.25) is 0 Å². The van der Waals surface area contributed by atoms with Crippen molar-refractivity contribution in [3.63, 3.8) is 0 Å². The van der Waals surface area contributed by atoms with Gasteiger partial charge in [-0.1, -0.05) is 13.2 Å². The maximum atomic E-state index is 2.21. The Labute approximate surface area is 55.4 Å². The Balaban J connectivity index is 0. The molecule has 0 radical (unpaired) electrons. The van der Waals surface area contributed by atoms with Crippen molar-refractivity contribution < 1.29 is 19.8 Å². The molecule has 0 atom stereocenters. The molecule has 0 bridgehead atoms. The predicted octanol–water partition coefficient (Wildman–Crippen LogP) is -1.24. The summed E-state index contributed by atoms with van der Waals surface area (Å²) < 4.78 is 0. The van der Waals surface area contributed by atoms with E-state index < -0.39 is 0 Å². The normalized spacial score (nSPS) is 5.50. The van der Waals surface area contributed by atoms with Crippen LogP contribution in [0, 0.1) is 0 Å². The summed E-state index contributed by atoms with van der Waals surface area (Å²) in [6, 6.07) is 0. The monoisotopic (exact) mass is 258 g/mol. The van der Waals surface area contributed by atoms with Gasteiger partial charge < -0.3 is 0 Å². The molecule has 4 heteroatoms. The molecule has 0 aliphatic rings. The van der Waals surface area contributed by atoms with Gasteiger partial charge in [0.05, 0.1) is 22.0 Å². The molecule has 0 saturated heterocycles. The Bertz CT molecular complexity index is 16.3. The SMILES string of the molecule is BBBCC.[Os]. The minimum Gasteiger partial charge on any atom is -0.0881 e. The predicted molar refractivity (Wildman–Crippen MR) is 33.3 cm³/mol. The van der Waals surface area contributed by atoms with Crippen LogP contribution in [-0.4, -0.2) is 22.0 Å². The van der Waals surface area contributed by atoms with Gasteiger partial charge in [0, 0.05) is 19.8 Å². The van der Waals surface area contributed by atoms with E-state index in [0.29, 0.717) is 0 Å². The van der Waals surface area contributed by atoms with E-state index in [1.807, 2.05) is 0 Å². The average Bonchev–Trinajstić information content (AvgIpc) is 1.41. The Morgan fingerprint density at radius 3 is 2.17 bits per heavy atom. The molecule has 0 saturated carbocycles. The zero-order valence-electron chi connectivity index (χ0n) is 4.47. The summed E-state index contributed by atoms with van der Waals surface area (Å²) in [6.07, 6.45) is 1.34. The van der Waals surface area contributed by atoms with Gasteiger partial charge in [-0.15, -0.1) is 0 Å². The first-order chi connectivity index (χ1) is 2.41. The van der Waals surface area contributed by atoms with Gasteiger partial charge in [0.25, 0.3) is 0 Å². The van der Waals surface area contributed by atoms with E-state index >= 15 is 0 Å². The van der Waals surface area contributed by atoms with Gasteiger partial charge in [0.15, 0.2) is 0 Å². The van der Waals surface area contributed by atoms with Crippen LogP contribution in [0.3, 0.4) is 0 Å². The van der Waals surface area contributed by atoms with Crippen LogP contribution in [0.4, 0.5) is 0 Å². The Kier molecular flexibility index (Phi) is 15.4. The molecule has 0 aromatic rings. The molecule has 0 unspecified atom stereocenters. The zero-order valence-corrected chi connectivity index (χ0v) is 7.02. The summed E-state index contributed by atoms with van der Waals surface area (Å²) in [5.41, 5.74) is 0. The van der Waals surface area contributed by atoms with Crippen molar-refractivity contribution >= 4 is 22.0 Å². The fraction of sp³-hybridized carbons (Fsp3) is 1.00. The average molecular weight is 256 g/mol. The van der Waals surface area contributed by atoms with E-state index in [2.05, 4.69) is 14.7 Å². The molecule has 0 aromatic heterocycles. The fourth-order valence-corrected chi connectivity index (χ4v) is 0.354. The van der Waals surface area contributed by atoms with E-state index in [1.165, 1.54) is 20.6 Å². The van der Waals surface area contributed by atoms with Gasteiger partial charge in [0.1, 0.15) is 0 Å². The molecule has 0 heterocycles. The zero-order chi connectivity index (χ0) is 4.12. The van der Waals surface area contributed by atoms with Crippen molar-refractivity contribution in [1.29, 1.82) is 0 Å². The Hall–Kier alpha value is 0.831. The van der Waals surface area contributed by atoms with E-state index in [1.54, 1.807) is 0 Å². The maximum Gasteiger partial charge on any atom is 0.0776 e. The largest absolute Gasteiger partial charge is 0.0881 e. The maximum absolute atomic E-state index is 2.21. The van der Waals surface area contributed by atoms with Crippen molar-refractivity contribution in [3.05, 3.63) is 0 Å². The first-order valence-corrected chi connectivity index (χ1v) is 2.41. The summed E-state index contributed by atoms with van der Waals surface area (Å²) in [6.45, 7) is 2.21. The third-order valence-electron chi connectivity index (χ3n) is 0.707. The molecule has 0 spiro atoms. The molecule has 0 aliphatic carbocycles. The van der Waals surface area contributed by atoms with Gasteiger partial charge >= 0.3 is 0 Å². The minimum atomic E-state index is 0. The first kappa shape index (κ1) is 9.95. The quantitative estimate of drug-likeness (QED) is 0.542. The molecule has 6 heavy (non-hydrogen) atoms. The third-order valence-corrected chi connectivity index (χ3v) is 0.707. The number of hydrogen-bond donors (Lipinski definition) is 0. The summed E-state index contributed by atoms with van der Waals surface area (Å²) in [4.78, 5) is 0. The van der Waals surface area contributed by atoms with Crippen molar-refractivity contribution in [3.8, 4) is 0 Å². The Morgan fingerprint density at radius 2 is 2.17 bits per heavy atom. The molecule has 0 fully saturated rings. The minimum absolute atomic E-state index is 0. The number of rotatable bonds is 2. The number of hydrogen-bond acceptors (Lipinski definition) is 0. The van der Waals surface area contributed by atoms with Crippen LogP contribution in [0.5, 0.6) is 0 Å². The molecule has 0 aromatic carbocycles. The molecule has 0 amide bonds. The molecular weight excluding hydrogens is 247 g/mol. The second kappa shape index (κ2) is 9.27. The molecule has 0 N–H and O–H groups in total. The summed E-state index contributed by atoms with van der Waals surface area (Å²) in [7, 11) is 4.94. The van der Waals surface area contributed by atoms with Crippen LogP contribution in [-0.2, 0) is 19.8 Å². The fourth-order valence-electron chi connectivity index (χ4n) is 0.354. The van der Waals surface area contributed by atoms with Gasteiger partial charge in [-0.05, 0) is 0 Å². The van der Waals surface area contributed by atoms with Crippen LogP contribution in [0.15, 0.2) is 0 Å². The Morgan fingerprint density at radius 1 is 1.67 bits per heavy atom. The smallest absolute Gasteiger partial charge is 0.0776 e. The van der Waals surface area contributed by atoms with Crippen molar-refractivity contribution in [2.24, 2.45) is 0 Å². The molecule has 0 nitrogen and oxygen atoms in total. The van der Waals surface area contributed by atoms with E-state index in [9.17, 15) is 0 Å². The topological polar surface area (TPSA) is 0 Å². The van der Waals surface area contributed by atoms with Crippen LogP contribution in [0.2, 0.25) is 6.32 Å². The van der Waals surface area contributed by atoms with Crippen molar-refractivity contribution in [1.82, 2.24) is 0 Å². The summed E-state index contributed by atoms with van der Waals surface area (Å²) in [5.74, 6) is 0. The standard InChI is InChI=1S/C2H9B3.Os/c1-2-4-5-3;/h4-5H,2-3H2,1H3;. The van der Waals surface area contributed by atoms with Crippen LogP contribution in [0.1, 0.15) is 6.92 Å². The van der Waals surface area contributed by atoms with E-state index in [4.69, 9.17) is 0 Å². The summed E-state index contributed by atoms with van der Waals surface area (Å²) in [5, 5.41) is 0. The van der Waals surface area contributed by atoms with E-state index in [-0.39, 0.29) is 19.8 Å². The molecule has 0 aliphatic heterocycles. The van der Waals surface area contributed by atoms with E-state index in [0.717, 1.165) is 0 Å². The molecule has 34 valence electrons. The van der Waals surface area contributed by atoms with Crippen molar-refractivity contribution in [2.75, 3.05) is 0 Å². The molecule has 0 rings (SSSR count). The first-order valence-electron chi connectivity index (χ1n) is 2.41. The van der Waals surface area contributed by atoms with Crippen LogP contribution in [0.25, 0.3) is 0 Å². The van der Waals surface area contributed by atoms with Gasteiger partial charge in [-0.25, -0.2) is 0 Å². The van der Waals surface area contributed by atoms with Gasteiger partial charge in [0.2, 0.25) is 0 Å². The third kappa shape index (κ3) is 8.85. The van der Waals surface area contributed by atoms with Crippen molar-refractivity contribution in [2.45, 2.75) is 13.2 Å². The van der Waals surface area contributed by atoms with Gasteiger partial charge in [-0.2, -0.15) is 0 Å². The molecular formula is C2H9B3Os. The summed E-state index contributed by atoms with van der Waals surface area (Å²) >= 11 is 0. The second-order valence-corrected chi connectivity index (χ2v) is 1.35. The van der Waals surface area contributed by atoms with Crippen LogP contribution >= 0.6 is 0 Å².